The van der Waals surface area contributed by atoms with Gasteiger partial charge in [0.15, 0.2) is 0 Å². The summed E-state index contributed by atoms with van der Waals surface area (Å²) < 4.78 is 0. The second kappa shape index (κ2) is 3.56. The molecule has 1 heterocycles. The third kappa shape index (κ3) is 2.07. The summed E-state index contributed by atoms with van der Waals surface area (Å²) in [7, 11) is 0. The van der Waals surface area contributed by atoms with E-state index in [1.165, 1.54) is 6.20 Å². The number of aromatic nitrogens is 2. The highest BCUT2D eigenvalue weighted by Crippen LogP contribution is 2.12. The van der Waals surface area contributed by atoms with Crippen LogP contribution in [-0.4, -0.2) is 9.97 Å². The second-order valence-corrected chi connectivity index (χ2v) is 2.41. The lowest BCUT2D eigenvalue weighted by Gasteiger charge is -1.92. The maximum atomic E-state index is 5.67. The van der Waals surface area contributed by atoms with E-state index >= 15 is 0 Å². The van der Waals surface area contributed by atoms with Crippen molar-refractivity contribution in [1.82, 2.24) is 9.97 Å². The van der Waals surface area contributed by atoms with Crippen LogP contribution in [0.2, 0.25) is 10.4 Å². The molecule has 1 rings (SSSR count). The smallest absolute Gasteiger partial charge is 0.223 e. The Morgan fingerprint density at radius 2 is 2.18 bits per heavy atom. The van der Waals surface area contributed by atoms with Crippen molar-refractivity contribution in [3.8, 4) is 11.8 Å². The van der Waals surface area contributed by atoms with Crippen LogP contribution in [0.5, 0.6) is 0 Å². The summed E-state index contributed by atoms with van der Waals surface area (Å²) in [6, 6.07) is 0. The minimum atomic E-state index is 0.136. The van der Waals surface area contributed by atoms with Crippen LogP contribution in [0.25, 0.3) is 0 Å². The standard InChI is InChI=1S/C7H4Cl2N2/c1-2-3-5-4-10-7(9)11-6(5)8/h4H,1H3. The van der Waals surface area contributed by atoms with Crippen LogP contribution in [0.4, 0.5) is 0 Å². The molecule has 4 heteroatoms. The van der Waals surface area contributed by atoms with E-state index in [2.05, 4.69) is 21.8 Å². The lowest BCUT2D eigenvalue weighted by molar-refractivity contribution is 1.16. The zero-order valence-electron chi connectivity index (χ0n) is 5.73. The SMILES string of the molecule is CC#Cc1cnc(Cl)nc1Cl. The fraction of sp³-hybridized carbons (Fsp3) is 0.143. The van der Waals surface area contributed by atoms with Gasteiger partial charge < -0.3 is 0 Å². The Labute approximate surface area is 74.6 Å². The molecule has 0 aliphatic carbocycles. The number of halogens is 2. The monoisotopic (exact) mass is 186 g/mol. The van der Waals surface area contributed by atoms with Gasteiger partial charge in [0.25, 0.3) is 0 Å². The summed E-state index contributed by atoms with van der Waals surface area (Å²) in [4.78, 5) is 7.44. The Morgan fingerprint density at radius 1 is 1.45 bits per heavy atom. The van der Waals surface area contributed by atoms with Crippen molar-refractivity contribution in [2.24, 2.45) is 0 Å². The van der Waals surface area contributed by atoms with Gasteiger partial charge in [0.05, 0.1) is 5.56 Å². The molecule has 0 spiro atoms. The average Bonchev–Trinajstić information content (AvgIpc) is 1.95. The van der Waals surface area contributed by atoms with Gasteiger partial charge in [-0.3, -0.25) is 0 Å². The molecule has 0 fully saturated rings. The number of nitrogens with zero attached hydrogens (tertiary/aromatic N) is 2. The number of rotatable bonds is 0. The zero-order chi connectivity index (χ0) is 8.27. The van der Waals surface area contributed by atoms with Crippen molar-refractivity contribution in [1.29, 1.82) is 0 Å². The van der Waals surface area contributed by atoms with Gasteiger partial charge in [-0.2, -0.15) is 0 Å². The molecule has 0 radical (unpaired) electrons. The van der Waals surface area contributed by atoms with Crippen molar-refractivity contribution in [3.05, 3.63) is 22.2 Å². The third-order valence-corrected chi connectivity index (χ3v) is 1.44. The lowest BCUT2D eigenvalue weighted by Crippen LogP contribution is -1.86. The van der Waals surface area contributed by atoms with E-state index in [1.54, 1.807) is 6.92 Å². The molecule has 0 bridgehead atoms. The van der Waals surface area contributed by atoms with Crippen LogP contribution in [0, 0.1) is 11.8 Å². The highest BCUT2D eigenvalue weighted by molar-refractivity contribution is 6.32. The number of hydrogen-bond donors (Lipinski definition) is 0. The van der Waals surface area contributed by atoms with Crippen LogP contribution in [0.1, 0.15) is 12.5 Å². The minimum Gasteiger partial charge on any atom is -0.225 e. The zero-order valence-corrected chi connectivity index (χ0v) is 7.24. The Morgan fingerprint density at radius 3 is 2.73 bits per heavy atom. The highest BCUT2D eigenvalue weighted by atomic mass is 35.5. The quantitative estimate of drug-likeness (QED) is 0.353. The van der Waals surface area contributed by atoms with E-state index < -0.39 is 0 Å². The normalized spacial score (nSPS) is 8.64. The van der Waals surface area contributed by atoms with E-state index in [4.69, 9.17) is 23.2 Å². The fourth-order valence-electron chi connectivity index (χ4n) is 0.560. The van der Waals surface area contributed by atoms with Gasteiger partial charge in [0.2, 0.25) is 5.28 Å². The fourth-order valence-corrected chi connectivity index (χ4v) is 0.912. The highest BCUT2D eigenvalue weighted by Gasteiger charge is 1.99. The lowest BCUT2D eigenvalue weighted by atomic mass is 10.3. The second-order valence-electron chi connectivity index (χ2n) is 1.72. The largest absolute Gasteiger partial charge is 0.225 e. The van der Waals surface area contributed by atoms with Gasteiger partial charge in [-0.05, 0) is 18.5 Å². The molecule has 0 unspecified atom stereocenters. The summed E-state index contributed by atoms with van der Waals surface area (Å²) in [5, 5.41) is 0.427. The molecule has 0 atom stereocenters. The van der Waals surface area contributed by atoms with Gasteiger partial charge >= 0.3 is 0 Å². The molecule has 56 valence electrons. The maximum Gasteiger partial charge on any atom is 0.223 e. The topological polar surface area (TPSA) is 25.8 Å². The molecule has 0 aromatic carbocycles. The Hall–Kier alpha value is -0.780. The van der Waals surface area contributed by atoms with E-state index in [-0.39, 0.29) is 5.28 Å². The van der Waals surface area contributed by atoms with Crippen molar-refractivity contribution < 1.29 is 0 Å². The van der Waals surface area contributed by atoms with Gasteiger partial charge in [-0.1, -0.05) is 17.5 Å². The van der Waals surface area contributed by atoms with E-state index in [1.807, 2.05) is 0 Å². The molecule has 1 aromatic rings. The Balaban J connectivity index is 3.16. The van der Waals surface area contributed by atoms with Gasteiger partial charge in [0, 0.05) is 6.20 Å². The first-order valence-corrected chi connectivity index (χ1v) is 3.60. The molecule has 11 heavy (non-hydrogen) atoms. The molecule has 0 amide bonds. The van der Waals surface area contributed by atoms with E-state index in [0.29, 0.717) is 10.7 Å². The molecular formula is C7H4Cl2N2. The summed E-state index contributed by atoms with van der Waals surface area (Å²) in [5.41, 5.74) is 0.596. The van der Waals surface area contributed by atoms with Crippen LogP contribution >= 0.6 is 23.2 Å². The van der Waals surface area contributed by atoms with Crippen molar-refractivity contribution in [2.45, 2.75) is 6.92 Å². The van der Waals surface area contributed by atoms with Crippen molar-refractivity contribution >= 4 is 23.2 Å². The van der Waals surface area contributed by atoms with E-state index in [0.717, 1.165) is 0 Å². The van der Waals surface area contributed by atoms with Crippen LogP contribution in [0.3, 0.4) is 0 Å². The summed E-state index contributed by atoms with van der Waals surface area (Å²) in [6.07, 6.45) is 1.49. The van der Waals surface area contributed by atoms with Gasteiger partial charge in [0.1, 0.15) is 5.15 Å². The summed E-state index contributed by atoms with van der Waals surface area (Å²) in [6.45, 7) is 1.71. The first-order chi connectivity index (χ1) is 5.24. The molecule has 0 saturated carbocycles. The number of hydrogen-bond acceptors (Lipinski definition) is 2. The summed E-state index contributed by atoms with van der Waals surface area (Å²) >= 11 is 11.1. The molecule has 1 aromatic heterocycles. The first kappa shape index (κ1) is 8.32. The molecule has 2 nitrogen and oxygen atoms in total. The average molecular weight is 187 g/mol. The van der Waals surface area contributed by atoms with Crippen molar-refractivity contribution in [3.63, 3.8) is 0 Å². The molecule has 0 N–H and O–H groups in total. The predicted octanol–water partition coefficient (Wildman–Crippen LogP) is 2.15. The first-order valence-electron chi connectivity index (χ1n) is 2.85. The van der Waals surface area contributed by atoms with E-state index in [9.17, 15) is 0 Å². The molecular weight excluding hydrogens is 183 g/mol. The van der Waals surface area contributed by atoms with Crippen LogP contribution in [-0.2, 0) is 0 Å². The Kier molecular flexibility index (Phi) is 2.70. The van der Waals surface area contributed by atoms with Gasteiger partial charge in [-0.25, -0.2) is 9.97 Å². The minimum absolute atomic E-state index is 0.136. The molecule has 0 aliphatic heterocycles. The van der Waals surface area contributed by atoms with Crippen molar-refractivity contribution in [2.75, 3.05) is 0 Å². The van der Waals surface area contributed by atoms with Gasteiger partial charge in [-0.15, -0.1) is 5.92 Å². The summed E-state index contributed by atoms with van der Waals surface area (Å²) in [5.74, 6) is 5.42. The van der Waals surface area contributed by atoms with Crippen LogP contribution in [0.15, 0.2) is 6.20 Å². The maximum absolute atomic E-state index is 5.67. The molecule has 0 aliphatic rings. The Bertz CT molecular complexity index is 325. The predicted molar refractivity (Wildman–Crippen MR) is 44.6 cm³/mol. The molecule has 0 saturated heterocycles. The third-order valence-electron chi connectivity index (χ3n) is 0.973. The van der Waals surface area contributed by atoms with Crippen LogP contribution < -0.4 is 0 Å².